The maximum Gasteiger partial charge on any atom is 0.282 e. The Kier molecular flexibility index (Phi) is 8.57. The van der Waals surface area contributed by atoms with Crippen LogP contribution in [0.25, 0.3) is 22.3 Å². The minimum atomic E-state index is -0.260. The fourth-order valence-electron chi connectivity index (χ4n) is 4.55. The monoisotopic (exact) mass is 629 g/mol. The van der Waals surface area contributed by atoms with E-state index in [1.807, 2.05) is 67.6 Å². The van der Waals surface area contributed by atoms with Crippen molar-refractivity contribution in [2.24, 2.45) is 5.10 Å². The van der Waals surface area contributed by atoms with Gasteiger partial charge >= 0.3 is 0 Å². The van der Waals surface area contributed by atoms with Gasteiger partial charge in [-0.25, -0.2) is 4.98 Å². The van der Waals surface area contributed by atoms with Crippen LogP contribution >= 0.6 is 27.5 Å². The summed E-state index contributed by atoms with van der Waals surface area (Å²) in [5.41, 5.74) is 4.85. The highest BCUT2D eigenvalue weighted by Crippen LogP contribution is 2.34. The molecular formula is C33H29BrClN3O3. The lowest BCUT2D eigenvalue weighted by atomic mass is 9.96. The van der Waals surface area contributed by atoms with Gasteiger partial charge in [-0.15, -0.1) is 0 Å². The fraction of sp³-hybridized carbons (Fsp3) is 0.182. The molecule has 0 saturated heterocycles. The predicted octanol–water partition coefficient (Wildman–Crippen LogP) is 8.38. The summed E-state index contributed by atoms with van der Waals surface area (Å²) in [6.45, 7) is 6.57. The number of ether oxygens (including phenoxy) is 2. The van der Waals surface area contributed by atoms with E-state index in [0.29, 0.717) is 39.7 Å². The molecule has 0 spiro atoms. The number of para-hydroxylation sites is 1. The second-order valence-corrected chi connectivity index (χ2v) is 11.3. The molecule has 6 nitrogen and oxygen atoms in total. The van der Waals surface area contributed by atoms with Gasteiger partial charge in [0.2, 0.25) is 0 Å². The van der Waals surface area contributed by atoms with E-state index >= 15 is 0 Å². The third-order valence-electron chi connectivity index (χ3n) is 6.78. The van der Waals surface area contributed by atoms with E-state index in [0.717, 1.165) is 32.5 Å². The Morgan fingerprint density at radius 3 is 2.49 bits per heavy atom. The van der Waals surface area contributed by atoms with Gasteiger partial charge in [0, 0.05) is 10.0 Å². The van der Waals surface area contributed by atoms with Gasteiger partial charge in [0.05, 0.1) is 29.2 Å². The Bertz CT molecular complexity index is 1810. The average Bonchev–Trinajstić information content (AvgIpc) is 2.96. The molecule has 0 N–H and O–H groups in total. The van der Waals surface area contributed by atoms with Crippen molar-refractivity contribution in [2.45, 2.75) is 33.3 Å². The number of methoxy groups -OCH3 is 1. The van der Waals surface area contributed by atoms with Crippen molar-refractivity contribution in [3.63, 3.8) is 0 Å². The molecule has 208 valence electrons. The number of fused-ring (bicyclic) bond motifs is 1. The summed E-state index contributed by atoms with van der Waals surface area (Å²) >= 11 is 9.99. The molecule has 0 fully saturated rings. The molecule has 0 amide bonds. The molecule has 41 heavy (non-hydrogen) atoms. The van der Waals surface area contributed by atoms with Crippen molar-refractivity contribution < 1.29 is 9.47 Å². The Morgan fingerprint density at radius 2 is 1.78 bits per heavy atom. The summed E-state index contributed by atoms with van der Waals surface area (Å²) in [6.07, 6.45) is 1.61. The smallest absolute Gasteiger partial charge is 0.282 e. The average molecular weight is 631 g/mol. The molecule has 0 unspecified atom stereocenters. The molecule has 8 heteroatoms. The molecule has 0 saturated carbocycles. The van der Waals surface area contributed by atoms with Crippen LogP contribution < -0.4 is 15.0 Å². The lowest BCUT2D eigenvalue weighted by molar-refractivity contribution is 0.306. The number of nitrogens with zero attached hydrogens (tertiary/aromatic N) is 3. The standard InChI is InChI=1S/C33H29BrClN3O3/c1-20(2)26-17-27(21(3)15-31(26)40-4)32-37-29-8-6-5-7-25(29)33(39)38(32)36-18-23-11-14-30(28(35)16-23)41-19-22-9-12-24(34)13-10-22/h5-18,20H,19H2,1-4H3. The van der Waals surface area contributed by atoms with E-state index in [-0.39, 0.29) is 11.5 Å². The molecule has 0 bridgehead atoms. The first-order valence-corrected chi connectivity index (χ1v) is 14.3. The van der Waals surface area contributed by atoms with Gasteiger partial charge in [-0.3, -0.25) is 4.79 Å². The van der Waals surface area contributed by atoms with Crippen molar-refractivity contribution in [3.8, 4) is 22.9 Å². The molecular weight excluding hydrogens is 602 g/mol. The van der Waals surface area contributed by atoms with Crippen LogP contribution in [0, 0.1) is 6.92 Å². The minimum Gasteiger partial charge on any atom is -0.496 e. The molecule has 0 aliphatic rings. The number of hydrogen-bond acceptors (Lipinski definition) is 5. The van der Waals surface area contributed by atoms with Gasteiger partial charge in [0.1, 0.15) is 18.1 Å². The second kappa shape index (κ2) is 12.3. The first-order valence-electron chi connectivity index (χ1n) is 13.2. The van der Waals surface area contributed by atoms with E-state index in [1.165, 1.54) is 4.68 Å². The summed E-state index contributed by atoms with van der Waals surface area (Å²) < 4.78 is 13.9. The summed E-state index contributed by atoms with van der Waals surface area (Å²) in [5.74, 6) is 2.02. The van der Waals surface area contributed by atoms with Gasteiger partial charge in [-0.1, -0.05) is 65.6 Å². The predicted molar refractivity (Wildman–Crippen MR) is 170 cm³/mol. The highest BCUT2D eigenvalue weighted by Gasteiger charge is 2.18. The van der Waals surface area contributed by atoms with Gasteiger partial charge in [0.25, 0.3) is 5.56 Å². The second-order valence-electron chi connectivity index (χ2n) is 9.98. The SMILES string of the molecule is COc1cc(C)c(-c2nc3ccccc3c(=O)n2N=Cc2ccc(OCc3ccc(Br)cc3)c(Cl)c2)cc1C(C)C. The van der Waals surface area contributed by atoms with Crippen LogP contribution in [0.1, 0.15) is 42.0 Å². The normalized spacial score (nSPS) is 11.5. The summed E-state index contributed by atoms with van der Waals surface area (Å²) in [7, 11) is 1.66. The Morgan fingerprint density at radius 1 is 1.02 bits per heavy atom. The highest BCUT2D eigenvalue weighted by atomic mass is 79.9. The molecule has 0 atom stereocenters. The number of aromatic nitrogens is 2. The van der Waals surface area contributed by atoms with Crippen LogP contribution in [0.3, 0.4) is 0 Å². The molecule has 4 aromatic carbocycles. The van der Waals surface area contributed by atoms with Crippen LogP contribution in [0.15, 0.2) is 93.2 Å². The van der Waals surface area contributed by atoms with Gasteiger partial charge < -0.3 is 9.47 Å². The zero-order valence-corrected chi connectivity index (χ0v) is 25.5. The van der Waals surface area contributed by atoms with Crippen LogP contribution in [0.4, 0.5) is 0 Å². The maximum absolute atomic E-state index is 13.7. The third-order valence-corrected chi connectivity index (χ3v) is 7.60. The van der Waals surface area contributed by atoms with Gasteiger partial charge in [-0.05, 0) is 89.7 Å². The van der Waals surface area contributed by atoms with Crippen molar-refractivity contribution >= 4 is 44.6 Å². The number of rotatable bonds is 8. The number of hydrogen-bond donors (Lipinski definition) is 0. The molecule has 1 heterocycles. The molecule has 5 rings (SSSR count). The summed E-state index contributed by atoms with van der Waals surface area (Å²) in [5, 5.41) is 5.55. The zero-order chi connectivity index (χ0) is 29.1. The third kappa shape index (κ3) is 6.21. The van der Waals surface area contributed by atoms with Crippen molar-refractivity contribution in [3.05, 3.63) is 121 Å². The van der Waals surface area contributed by atoms with E-state index in [2.05, 4.69) is 34.9 Å². The number of benzene rings is 4. The number of aryl methyl sites for hydroxylation is 1. The lowest BCUT2D eigenvalue weighted by Crippen LogP contribution is -2.20. The van der Waals surface area contributed by atoms with Crippen LogP contribution in [-0.2, 0) is 6.61 Å². The van der Waals surface area contributed by atoms with Crippen LogP contribution in [0.2, 0.25) is 5.02 Å². The quantitative estimate of drug-likeness (QED) is 0.162. The Labute approximate surface area is 252 Å². The fourth-order valence-corrected chi connectivity index (χ4v) is 5.06. The van der Waals surface area contributed by atoms with Crippen molar-refractivity contribution in [1.82, 2.24) is 9.66 Å². The van der Waals surface area contributed by atoms with Gasteiger partial charge in [0.15, 0.2) is 5.82 Å². The minimum absolute atomic E-state index is 0.208. The maximum atomic E-state index is 13.7. The Balaban J connectivity index is 1.53. The molecule has 0 aliphatic carbocycles. The van der Waals surface area contributed by atoms with Crippen LogP contribution in [-0.4, -0.2) is 23.0 Å². The van der Waals surface area contributed by atoms with E-state index in [9.17, 15) is 4.79 Å². The lowest BCUT2D eigenvalue weighted by Gasteiger charge is -2.17. The van der Waals surface area contributed by atoms with E-state index in [4.69, 9.17) is 26.1 Å². The van der Waals surface area contributed by atoms with Crippen molar-refractivity contribution in [1.29, 1.82) is 0 Å². The van der Waals surface area contributed by atoms with Gasteiger partial charge in [-0.2, -0.15) is 9.78 Å². The summed E-state index contributed by atoms with van der Waals surface area (Å²) in [6, 6.07) is 24.6. The first kappa shape index (κ1) is 28.6. The van der Waals surface area contributed by atoms with Crippen molar-refractivity contribution in [2.75, 3.05) is 7.11 Å². The molecule has 1 aromatic heterocycles. The van der Waals surface area contributed by atoms with E-state index in [1.54, 1.807) is 31.5 Å². The topological polar surface area (TPSA) is 65.7 Å². The van der Waals surface area contributed by atoms with Crippen LogP contribution in [0.5, 0.6) is 11.5 Å². The molecule has 5 aromatic rings. The first-order chi connectivity index (χ1) is 19.7. The largest absolute Gasteiger partial charge is 0.496 e. The van der Waals surface area contributed by atoms with E-state index < -0.39 is 0 Å². The molecule has 0 aliphatic heterocycles. The Hall–Kier alpha value is -3.94. The molecule has 0 radical (unpaired) electrons. The summed E-state index contributed by atoms with van der Waals surface area (Å²) in [4.78, 5) is 18.6. The zero-order valence-electron chi connectivity index (χ0n) is 23.2. The highest BCUT2D eigenvalue weighted by molar-refractivity contribution is 9.10. The number of halogens is 2.